The number of imide groups is 1. The van der Waals surface area contributed by atoms with Crippen LogP contribution in [-0.4, -0.2) is 28.3 Å². The highest BCUT2D eigenvalue weighted by molar-refractivity contribution is 9.10. The number of carbonyl (C=O) groups is 2. The molecule has 0 aliphatic heterocycles. The number of hydrogen-bond donors (Lipinski definition) is 0. The summed E-state index contributed by atoms with van der Waals surface area (Å²) < 4.78 is 11.7. The van der Waals surface area contributed by atoms with Crippen LogP contribution in [0.3, 0.4) is 0 Å². The van der Waals surface area contributed by atoms with E-state index in [2.05, 4.69) is 15.9 Å². The average molecular weight is 447 g/mol. The molecule has 144 valence electrons. The van der Waals surface area contributed by atoms with Gasteiger partial charge in [-0.3, -0.25) is 0 Å². The van der Waals surface area contributed by atoms with Gasteiger partial charge in [0.1, 0.15) is 11.2 Å². The normalized spacial score (nSPS) is 16.8. The number of rotatable bonds is 1. The summed E-state index contributed by atoms with van der Waals surface area (Å²) in [4.78, 5) is 26.7. The fraction of sp³-hybridized carbons (Fsp3) is 0.579. The van der Waals surface area contributed by atoms with Gasteiger partial charge in [-0.2, -0.15) is 0 Å². The minimum atomic E-state index is -0.732. The lowest BCUT2D eigenvalue weighted by Gasteiger charge is -2.32. The summed E-state index contributed by atoms with van der Waals surface area (Å²) in [6.07, 6.45) is -0.218. The van der Waals surface area contributed by atoms with E-state index in [1.54, 1.807) is 47.6 Å². The first-order valence-electron chi connectivity index (χ1n) is 8.52. The minimum absolute atomic E-state index is 0.497. The first-order chi connectivity index (χ1) is 11.8. The predicted molar refractivity (Wildman–Crippen MR) is 105 cm³/mol. The summed E-state index contributed by atoms with van der Waals surface area (Å²) in [5.41, 5.74) is 0.298. The molecule has 0 heterocycles. The SMILES string of the molecule is CC(C)(C)OC(=O)N(C(=O)OC(C)(C)C)C1CCc2c(Cl)ccc(Br)c21. The fourth-order valence-corrected chi connectivity index (χ4v) is 3.75. The molecule has 1 aromatic rings. The first kappa shape index (κ1) is 21.0. The average Bonchev–Trinajstić information content (AvgIpc) is 2.85. The van der Waals surface area contributed by atoms with E-state index < -0.39 is 29.4 Å². The van der Waals surface area contributed by atoms with Gasteiger partial charge in [-0.25, -0.2) is 14.5 Å². The molecule has 1 aliphatic carbocycles. The van der Waals surface area contributed by atoms with Crippen molar-refractivity contribution in [1.82, 2.24) is 4.90 Å². The predicted octanol–water partition coefficient (Wildman–Crippen LogP) is 6.26. The van der Waals surface area contributed by atoms with E-state index in [0.29, 0.717) is 17.9 Å². The second-order valence-electron chi connectivity index (χ2n) is 8.31. The smallest absolute Gasteiger partial charge is 0.420 e. The van der Waals surface area contributed by atoms with E-state index in [1.807, 2.05) is 6.07 Å². The van der Waals surface area contributed by atoms with Crippen molar-refractivity contribution in [3.63, 3.8) is 0 Å². The maximum Gasteiger partial charge on any atom is 0.420 e. The summed E-state index contributed by atoms with van der Waals surface area (Å²) in [6.45, 7) is 10.5. The van der Waals surface area contributed by atoms with Crippen molar-refractivity contribution in [2.45, 2.75) is 71.6 Å². The Morgan fingerprint density at radius 3 is 2.04 bits per heavy atom. The number of amides is 2. The Bertz CT molecular complexity index is 693. The molecule has 0 radical (unpaired) electrons. The molecule has 7 heteroatoms. The van der Waals surface area contributed by atoms with Gasteiger partial charge >= 0.3 is 12.2 Å². The van der Waals surface area contributed by atoms with Gasteiger partial charge in [0.2, 0.25) is 0 Å². The molecule has 0 bridgehead atoms. The summed E-state index contributed by atoms with van der Waals surface area (Å²) in [5.74, 6) is 0. The van der Waals surface area contributed by atoms with E-state index in [1.165, 1.54) is 0 Å². The quantitative estimate of drug-likeness (QED) is 0.510. The van der Waals surface area contributed by atoms with Crippen molar-refractivity contribution in [2.24, 2.45) is 0 Å². The summed E-state index contributed by atoms with van der Waals surface area (Å²) >= 11 is 9.83. The van der Waals surface area contributed by atoms with Crippen molar-refractivity contribution in [1.29, 1.82) is 0 Å². The molecule has 26 heavy (non-hydrogen) atoms. The largest absolute Gasteiger partial charge is 0.443 e. The Hall–Kier alpha value is -1.27. The van der Waals surface area contributed by atoms with E-state index in [0.717, 1.165) is 20.5 Å². The van der Waals surface area contributed by atoms with E-state index >= 15 is 0 Å². The summed E-state index contributed by atoms with van der Waals surface area (Å²) in [6, 6.07) is 3.13. The number of hydrogen-bond acceptors (Lipinski definition) is 4. The second-order valence-corrected chi connectivity index (χ2v) is 9.57. The van der Waals surface area contributed by atoms with Gasteiger partial charge in [0.05, 0.1) is 6.04 Å². The molecule has 1 aromatic carbocycles. The zero-order chi connectivity index (χ0) is 19.9. The highest BCUT2D eigenvalue weighted by Crippen LogP contribution is 2.44. The van der Waals surface area contributed by atoms with Gasteiger partial charge in [0.25, 0.3) is 0 Å². The van der Waals surface area contributed by atoms with Gasteiger partial charge in [-0.15, -0.1) is 0 Å². The van der Waals surface area contributed by atoms with Gasteiger partial charge in [0.15, 0.2) is 0 Å². The van der Waals surface area contributed by atoms with Crippen LogP contribution in [0.4, 0.5) is 9.59 Å². The molecule has 0 saturated heterocycles. The topological polar surface area (TPSA) is 55.8 Å². The first-order valence-corrected chi connectivity index (χ1v) is 9.69. The fourth-order valence-electron chi connectivity index (χ4n) is 2.86. The number of ether oxygens (including phenoxy) is 2. The third-order valence-electron chi connectivity index (χ3n) is 3.74. The zero-order valence-corrected chi connectivity index (χ0v) is 18.3. The number of nitrogens with zero attached hydrogens (tertiary/aromatic N) is 1. The molecular weight excluding hydrogens is 422 g/mol. The van der Waals surface area contributed by atoms with Crippen LogP contribution in [0.15, 0.2) is 16.6 Å². The van der Waals surface area contributed by atoms with E-state index in [4.69, 9.17) is 21.1 Å². The second kappa shape index (κ2) is 7.39. The molecule has 1 atom stereocenters. The maximum atomic E-state index is 12.8. The zero-order valence-electron chi connectivity index (χ0n) is 16.0. The Morgan fingerprint density at radius 2 is 1.58 bits per heavy atom. The lowest BCUT2D eigenvalue weighted by molar-refractivity contribution is -0.00757. The van der Waals surface area contributed by atoms with Gasteiger partial charge < -0.3 is 9.47 Å². The Balaban J connectivity index is 2.45. The molecule has 0 saturated carbocycles. The molecule has 0 N–H and O–H groups in total. The standard InChI is InChI=1S/C19H25BrClNO4/c1-18(2,3)25-16(23)22(17(24)26-19(4,5)6)14-10-7-11-13(21)9-8-12(20)15(11)14/h8-9,14H,7,10H2,1-6H3. The van der Waals surface area contributed by atoms with Crippen LogP contribution in [0.1, 0.15) is 65.1 Å². The maximum absolute atomic E-state index is 12.8. The van der Waals surface area contributed by atoms with Crippen LogP contribution >= 0.6 is 27.5 Å². The summed E-state index contributed by atoms with van der Waals surface area (Å²) in [7, 11) is 0. The van der Waals surface area contributed by atoms with Crippen LogP contribution in [0.25, 0.3) is 0 Å². The monoisotopic (exact) mass is 445 g/mol. The van der Waals surface area contributed by atoms with Crippen LogP contribution in [0.5, 0.6) is 0 Å². The molecule has 0 aromatic heterocycles. The molecule has 2 rings (SSSR count). The number of halogens is 2. The van der Waals surface area contributed by atoms with Crippen molar-refractivity contribution in [3.8, 4) is 0 Å². The minimum Gasteiger partial charge on any atom is -0.443 e. The van der Waals surface area contributed by atoms with E-state index in [-0.39, 0.29) is 0 Å². The van der Waals surface area contributed by atoms with Crippen LogP contribution < -0.4 is 0 Å². The van der Waals surface area contributed by atoms with Crippen molar-refractivity contribution >= 4 is 39.7 Å². The third-order valence-corrected chi connectivity index (χ3v) is 4.79. The van der Waals surface area contributed by atoms with Gasteiger partial charge in [-0.1, -0.05) is 27.5 Å². The molecule has 0 fully saturated rings. The molecule has 0 spiro atoms. The van der Waals surface area contributed by atoms with Crippen LogP contribution in [-0.2, 0) is 15.9 Å². The van der Waals surface area contributed by atoms with Gasteiger partial charge in [-0.05, 0) is 77.6 Å². The summed E-state index contributed by atoms with van der Waals surface area (Å²) in [5, 5.41) is 0.624. The highest BCUT2D eigenvalue weighted by Gasteiger charge is 2.41. The van der Waals surface area contributed by atoms with E-state index in [9.17, 15) is 9.59 Å². The van der Waals surface area contributed by atoms with Crippen molar-refractivity contribution in [2.75, 3.05) is 0 Å². The molecular formula is C19H25BrClNO4. The van der Waals surface area contributed by atoms with Crippen LogP contribution in [0.2, 0.25) is 5.02 Å². The Labute approximate surface area is 168 Å². The Kier molecular flexibility index (Phi) is 5.98. The van der Waals surface area contributed by atoms with Crippen molar-refractivity contribution < 1.29 is 19.1 Å². The van der Waals surface area contributed by atoms with Crippen LogP contribution in [0, 0.1) is 0 Å². The third kappa shape index (κ3) is 4.92. The molecule has 2 amide bonds. The lowest BCUT2D eigenvalue weighted by Crippen LogP contribution is -2.45. The van der Waals surface area contributed by atoms with Crippen molar-refractivity contribution in [3.05, 3.63) is 32.8 Å². The number of benzene rings is 1. The highest BCUT2D eigenvalue weighted by atomic mass is 79.9. The molecule has 1 unspecified atom stereocenters. The number of carbonyl (C=O) groups excluding carboxylic acids is 2. The molecule has 5 nitrogen and oxygen atoms in total. The number of fused-ring (bicyclic) bond motifs is 1. The molecule has 1 aliphatic rings. The van der Waals surface area contributed by atoms with Gasteiger partial charge in [0, 0.05) is 9.50 Å². The lowest BCUT2D eigenvalue weighted by atomic mass is 10.1. The Morgan fingerprint density at radius 1 is 1.08 bits per heavy atom.